The first kappa shape index (κ1) is 11.3. The van der Waals surface area contributed by atoms with Gasteiger partial charge in [0, 0.05) is 18.1 Å². The molecule has 0 saturated carbocycles. The van der Waals surface area contributed by atoms with E-state index in [9.17, 15) is 14.7 Å². The van der Waals surface area contributed by atoms with Crippen molar-refractivity contribution >= 4 is 23.6 Å². The Morgan fingerprint density at radius 1 is 1.31 bits per heavy atom. The maximum Gasteiger partial charge on any atom is 0.310 e. The molecule has 0 aromatic carbocycles. The number of hydrogen-bond donors (Lipinski definition) is 2. The van der Waals surface area contributed by atoms with Crippen LogP contribution in [0.1, 0.15) is 6.92 Å². The normalized spacial score (nSPS) is 35.8. The minimum atomic E-state index is -0.848. The van der Waals surface area contributed by atoms with E-state index in [0.29, 0.717) is 0 Å². The van der Waals surface area contributed by atoms with E-state index in [1.807, 2.05) is 24.3 Å². The van der Waals surface area contributed by atoms with Crippen molar-refractivity contribution < 1.29 is 14.7 Å². The van der Waals surface area contributed by atoms with E-state index < -0.39 is 11.9 Å². The molecule has 2 aliphatic rings. The molecular formula is C11H13NO3S. The molecule has 1 aliphatic heterocycles. The van der Waals surface area contributed by atoms with Crippen LogP contribution in [0.4, 0.5) is 0 Å². The molecule has 0 radical (unpaired) electrons. The number of carbonyl (C=O) groups is 2. The molecule has 4 unspecified atom stereocenters. The number of amides is 1. The quantitative estimate of drug-likeness (QED) is 0.754. The standard InChI is InChI=1S/C11H13NO3S/c1-6(13)12-10-9(11(14)15)7-4-2-3-5-8(7)16-10/h2-5,7-10H,1H3,(H,12,13)(H,14,15). The predicted octanol–water partition coefficient (Wildman–Crippen LogP) is 1.01. The first-order valence-corrected chi connectivity index (χ1v) is 6.04. The van der Waals surface area contributed by atoms with Crippen LogP contribution >= 0.6 is 11.8 Å². The van der Waals surface area contributed by atoms with Gasteiger partial charge in [-0.2, -0.15) is 0 Å². The molecule has 2 rings (SSSR count). The summed E-state index contributed by atoms with van der Waals surface area (Å²) in [7, 11) is 0. The minimum absolute atomic E-state index is 0.0238. The molecule has 0 bridgehead atoms. The van der Waals surface area contributed by atoms with Crippen molar-refractivity contribution in [3.63, 3.8) is 0 Å². The Hall–Kier alpha value is -1.23. The van der Waals surface area contributed by atoms with Crippen molar-refractivity contribution in [1.82, 2.24) is 5.32 Å². The van der Waals surface area contributed by atoms with Crippen LogP contribution in [0.5, 0.6) is 0 Å². The maximum atomic E-state index is 11.2. The van der Waals surface area contributed by atoms with Gasteiger partial charge < -0.3 is 10.4 Å². The molecule has 0 aromatic rings. The molecule has 4 nitrogen and oxygen atoms in total. The van der Waals surface area contributed by atoms with Crippen molar-refractivity contribution in [3.05, 3.63) is 24.3 Å². The zero-order valence-electron chi connectivity index (χ0n) is 8.79. The number of nitrogens with one attached hydrogen (secondary N) is 1. The van der Waals surface area contributed by atoms with Gasteiger partial charge in [0.2, 0.25) is 5.91 Å². The molecule has 1 heterocycles. The highest BCUT2D eigenvalue weighted by molar-refractivity contribution is 8.01. The van der Waals surface area contributed by atoms with Crippen LogP contribution in [0.2, 0.25) is 0 Å². The van der Waals surface area contributed by atoms with Crippen molar-refractivity contribution in [2.75, 3.05) is 0 Å². The van der Waals surface area contributed by atoms with Gasteiger partial charge in [-0.1, -0.05) is 24.3 Å². The monoisotopic (exact) mass is 239 g/mol. The summed E-state index contributed by atoms with van der Waals surface area (Å²) in [5.41, 5.74) is 0. The number of carboxylic acid groups (broad SMARTS) is 1. The van der Waals surface area contributed by atoms with E-state index in [1.165, 1.54) is 18.7 Å². The van der Waals surface area contributed by atoms with Gasteiger partial charge in [-0.3, -0.25) is 9.59 Å². The van der Waals surface area contributed by atoms with Crippen molar-refractivity contribution in [1.29, 1.82) is 0 Å². The van der Waals surface area contributed by atoms with Crippen LogP contribution < -0.4 is 5.32 Å². The lowest BCUT2D eigenvalue weighted by atomic mass is 9.87. The molecular weight excluding hydrogens is 226 g/mol. The van der Waals surface area contributed by atoms with E-state index in [2.05, 4.69) is 5.32 Å². The van der Waals surface area contributed by atoms with E-state index in [-0.39, 0.29) is 22.4 Å². The van der Waals surface area contributed by atoms with Gasteiger partial charge in [-0.15, -0.1) is 11.8 Å². The highest BCUT2D eigenvalue weighted by Crippen LogP contribution is 2.44. The third-order valence-corrected chi connectivity index (χ3v) is 4.29. The molecule has 16 heavy (non-hydrogen) atoms. The van der Waals surface area contributed by atoms with Crippen LogP contribution in [0, 0.1) is 11.8 Å². The Balaban J connectivity index is 2.20. The van der Waals surface area contributed by atoms with Crippen molar-refractivity contribution in [3.8, 4) is 0 Å². The summed E-state index contributed by atoms with van der Waals surface area (Å²) in [5, 5.41) is 11.7. The number of hydrogen-bond acceptors (Lipinski definition) is 3. The highest BCUT2D eigenvalue weighted by atomic mass is 32.2. The summed E-state index contributed by atoms with van der Waals surface area (Å²) < 4.78 is 0. The minimum Gasteiger partial charge on any atom is -0.481 e. The third-order valence-electron chi connectivity index (χ3n) is 2.80. The molecule has 2 N–H and O–H groups in total. The van der Waals surface area contributed by atoms with Crippen molar-refractivity contribution in [2.24, 2.45) is 11.8 Å². The molecule has 0 aromatic heterocycles. The Morgan fingerprint density at radius 3 is 2.62 bits per heavy atom. The fourth-order valence-electron chi connectivity index (χ4n) is 2.14. The lowest BCUT2D eigenvalue weighted by molar-refractivity contribution is -0.143. The number of carbonyl (C=O) groups excluding carboxylic acids is 1. The molecule has 5 heteroatoms. The van der Waals surface area contributed by atoms with E-state index >= 15 is 0 Å². The second-order valence-corrected chi connectivity index (χ2v) is 5.26. The number of fused-ring (bicyclic) bond motifs is 1. The number of carboxylic acids is 1. The van der Waals surface area contributed by atoms with Crippen LogP contribution in [0.15, 0.2) is 24.3 Å². The van der Waals surface area contributed by atoms with Gasteiger partial charge in [-0.05, 0) is 0 Å². The van der Waals surface area contributed by atoms with Crippen LogP contribution in [-0.2, 0) is 9.59 Å². The van der Waals surface area contributed by atoms with Crippen LogP contribution in [-0.4, -0.2) is 27.6 Å². The summed E-state index contributed by atoms with van der Waals surface area (Å²) in [6.07, 6.45) is 7.70. The molecule has 1 fully saturated rings. The van der Waals surface area contributed by atoms with Crippen molar-refractivity contribution in [2.45, 2.75) is 17.5 Å². The summed E-state index contributed by atoms with van der Waals surface area (Å²) >= 11 is 1.51. The lowest BCUT2D eigenvalue weighted by Crippen LogP contribution is -2.39. The molecule has 86 valence electrons. The summed E-state index contributed by atoms with van der Waals surface area (Å²) in [6.45, 7) is 1.41. The molecule has 1 amide bonds. The predicted molar refractivity (Wildman–Crippen MR) is 61.9 cm³/mol. The van der Waals surface area contributed by atoms with Crippen LogP contribution in [0.25, 0.3) is 0 Å². The first-order valence-electron chi connectivity index (χ1n) is 5.10. The average molecular weight is 239 g/mol. The van der Waals surface area contributed by atoms with Gasteiger partial charge >= 0.3 is 5.97 Å². The highest BCUT2D eigenvalue weighted by Gasteiger charge is 2.46. The Labute approximate surface area is 97.8 Å². The molecule has 0 spiro atoms. The first-order chi connectivity index (χ1) is 7.59. The molecule has 1 saturated heterocycles. The SMILES string of the molecule is CC(=O)NC1SC2C=CC=CC2C1C(=O)O. The number of rotatable bonds is 2. The lowest BCUT2D eigenvalue weighted by Gasteiger charge is -2.19. The van der Waals surface area contributed by atoms with Gasteiger partial charge in [0.25, 0.3) is 0 Å². The van der Waals surface area contributed by atoms with Crippen LogP contribution in [0.3, 0.4) is 0 Å². The second-order valence-electron chi connectivity index (χ2n) is 3.93. The zero-order chi connectivity index (χ0) is 11.7. The second kappa shape index (κ2) is 4.33. The number of aliphatic carboxylic acids is 1. The smallest absolute Gasteiger partial charge is 0.310 e. The van der Waals surface area contributed by atoms with Gasteiger partial charge in [0.05, 0.1) is 11.3 Å². The average Bonchev–Trinajstić information content (AvgIpc) is 2.53. The summed E-state index contributed by atoms with van der Waals surface area (Å²) in [5.74, 6) is -1.60. The van der Waals surface area contributed by atoms with Gasteiger partial charge in [0.15, 0.2) is 0 Å². The Bertz CT molecular complexity index is 377. The Morgan fingerprint density at radius 2 is 2.00 bits per heavy atom. The maximum absolute atomic E-state index is 11.2. The fraction of sp³-hybridized carbons (Fsp3) is 0.455. The number of thioether (sulfide) groups is 1. The van der Waals surface area contributed by atoms with E-state index in [0.717, 1.165) is 0 Å². The molecule has 4 atom stereocenters. The fourth-order valence-corrected chi connectivity index (χ4v) is 3.80. The Kier molecular flexibility index (Phi) is 3.05. The van der Waals surface area contributed by atoms with E-state index in [1.54, 1.807) is 0 Å². The van der Waals surface area contributed by atoms with Gasteiger partial charge in [-0.25, -0.2) is 0 Å². The van der Waals surface area contributed by atoms with Gasteiger partial charge in [0.1, 0.15) is 0 Å². The zero-order valence-corrected chi connectivity index (χ0v) is 9.61. The largest absolute Gasteiger partial charge is 0.481 e. The molecule has 1 aliphatic carbocycles. The topological polar surface area (TPSA) is 66.4 Å². The number of allylic oxidation sites excluding steroid dienone is 3. The third kappa shape index (κ3) is 2.00. The summed E-state index contributed by atoms with van der Waals surface area (Å²) in [6, 6.07) is 0. The van der Waals surface area contributed by atoms with E-state index in [4.69, 9.17) is 0 Å². The summed E-state index contributed by atoms with van der Waals surface area (Å²) in [4.78, 5) is 22.2.